The van der Waals surface area contributed by atoms with Crippen LogP contribution in [0.5, 0.6) is 0 Å². The fourth-order valence-corrected chi connectivity index (χ4v) is 3.11. The molecule has 2 fully saturated rings. The van der Waals surface area contributed by atoms with Crippen LogP contribution in [0.25, 0.3) is 0 Å². The van der Waals surface area contributed by atoms with Crippen molar-refractivity contribution >= 4 is 11.7 Å². The van der Waals surface area contributed by atoms with Crippen LogP contribution in [0.4, 0.5) is 5.82 Å². The van der Waals surface area contributed by atoms with Crippen LogP contribution >= 0.6 is 0 Å². The summed E-state index contributed by atoms with van der Waals surface area (Å²) in [6.45, 7) is 9.20. The molecule has 0 aromatic carbocycles. The van der Waals surface area contributed by atoms with Gasteiger partial charge in [-0.2, -0.15) is 0 Å². The maximum atomic E-state index is 11.4. The molecule has 7 heteroatoms. The zero-order valence-corrected chi connectivity index (χ0v) is 14.2. The second kappa shape index (κ2) is 6.80. The molecule has 3 heterocycles. The summed E-state index contributed by atoms with van der Waals surface area (Å²) in [6.07, 6.45) is 0.00714. The minimum atomic E-state index is 0.00714. The third-order valence-corrected chi connectivity index (χ3v) is 4.49. The van der Waals surface area contributed by atoms with Crippen LogP contribution < -0.4 is 4.90 Å². The fraction of sp³-hybridized carbons (Fsp3) is 0.688. The summed E-state index contributed by atoms with van der Waals surface area (Å²) in [4.78, 5) is 27.0. The lowest BCUT2D eigenvalue weighted by molar-refractivity contribution is -0.129. The largest absolute Gasteiger partial charge is 0.369 e. The number of morpholine rings is 1. The number of aryl methyl sites for hydroxylation is 1. The van der Waals surface area contributed by atoms with Crippen LogP contribution in [0.2, 0.25) is 0 Å². The number of likely N-dealkylation sites (N-methyl/N-ethyl adjacent to an activating group) is 1. The van der Waals surface area contributed by atoms with Gasteiger partial charge in [-0.1, -0.05) is 0 Å². The molecule has 0 radical (unpaired) electrons. The SMILES string of the molecule is CC(=O)N1CCN(c2cc(C3CN(C)CCO3)nc(C)n2)CC1. The van der Waals surface area contributed by atoms with Crippen LogP contribution in [0.15, 0.2) is 6.07 Å². The first-order valence-electron chi connectivity index (χ1n) is 8.19. The Morgan fingerprint density at radius 1 is 1.22 bits per heavy atom. The maximum absolute atomic E-state index is 11.4. The molecule has 7 nitrogen and oxygen atoms in total. The predicted octanol–water partition coefficient (Wildman–Crippen LogP) is 0.457. The molecule has 3 rings (SSSR count). The Balaban J connectivity index is 1.74. The Morgan fingerprint density at radius 3 is 2.61 bits per heavy atom. The minimum Gasteiger partial charge on any atom is -0.369 e. The summed E-state index contributed by atoms with van der Waals surface area (Å²) in [6, 6.07) is 2.04. The van der Waals surface area contributed by atoms with E-state index >= 15 is 0 Å². The first-order valence-corrected chi connectivity index (χ1v) is 8.19. The molecule has 126 valence electrons. The van der Waals surface area contributed by atoms with Gasteiger partial charge in [0.2, 0.25) is 5.91 Å². The van der Waals surface area contributed by atoms with Crippen molar-refractivity contribution in [2.45, 2.75) is 20.0 Å². The van der Waals surface area contributed by atoms with E-state index in [2.05, 4.69) is 26.8 Å². The lowest BCUT2D eigenvalue weighted by atomic mass is 10.2. The van der Waals surface area contributed by atoms with Crippen molar-refractivity contribution < 1.29 is 9.53 Å². The summed E-state index contributed by atoms with van der Waals surface area (Å²) in [5.74, 6) is 1.85. The van der Waals surface area contributed by atoms with E-state index < -0.39 is 0 Å². The monoisotopic (exact) mass is 319 g/mol. The molecular weight excluding hydrogens is 294 g/mol. The van der Waals surface area contributed by atoms with E-state index in [0.29, 0.717) is 0 Å². The second-order valence-corrected chi connectivity index (χ2v) is 6.31. The Hall–Kier alpha value is -1.73. The van der Waals surface area contributed by atoms with Gasteiger partial charge in [0, 0.05) is 52.3 Å². The molecule has 0 bridgehead atoms. The zero-order chi connectivity index (χ0) is 16.4. The standard InChI is InChI=1S/C16H25N5O2/c1-12-17-14(15-11-19(3)8-9-23-15)10-16(18-12)21-6-4-20(5-7-21)13(2)22/h10,15H,4-9,11H2,1-3H3. The lowest BCUT2D eigenvalue weighted by Crippen LogP contribution is -2.48. The molecule has 1 aromatic heterocycles. The molecule has 0 aliphatic carbocycles. The summed E-state index contributed by atoms with van der Waals surface area (Å²) in [5.41, 5.74) is 0.952. The first kappa shape index (κ1) is 16.1. The predicted molar refractivity (Wildman–Crippen MR) is 87.4 cm³/mol. The quantitative estimate of drug-likeness (QED) is 0.789. The summed E-state index contributed by atoms with van der Waals surface area (Å²) < 4.78 is 5.88. The number of amides is 1. The first-order chi connectivity index (χ1) is 11.0. The van der Waals surface area contributed by atoms with E-state index in [4.69, 9.17) is 4.74 Å². The molecule has 0 N–H and O–H groups in total. The number of rotatable bonds is 2. The Morgan fingerprint density at radius 2 is 1.96 bits per heavy atom. The summed E-state index contributed by atoms with van der Waals surface area (Å²) >= 11 is 0. The zero-order valence-electron chi connectivity index (χ0n) is 14.2. The molecule has 0 saturated carbocycles. The van der Waals surface area contributed by atoms with Crippen LogP contribution in [0, 0.1) is 6.92 Å². The van der Waals surface area contributed by atoms with Crippen molar-refractivity contribution in [3.63, 3.8) is 0 Å². The van der Waals surface area contributed by atoms with Crippen molar-refractivity contribution in [1.29, 1.82) is 0 Å². The molecule has 2 aliphatic heterocycles. The van der Waals surface area contributed by atoms with Crippen LogP contribution in [-0.4, -0.2) is 78.6 Å². The lowest BCUT2D eigenvalue weighted by Gasteiger charge is -2.35. The van der Waals surface area contributed by atoms with Crippen LogP contribution in [0.3, 0.4) is 0 Å². The van der Waals surface area contributed by atoms with Gasteiger partial charge in [0.05, 0.1) is 12.3 Å². The van der Waals surface area contributed by atoms with Crippen LogP contribution in [0.1, 0.15) is 24.5 Å². The van der Waals surface area contributed by atoms with Gasteiger partial charge < -0.3 is 19.4 Å². The van der Waals surface area contributed by atoms with Crippen molar-refractivity contribution in [1.82, 2.24) is 19.8 Å². The van der Waals surface area contributed by atoms with Crippen molar-refractivity contribution in [2.24, 2.45) is 0 Å². The number of piperazine rings is 1. The van der Waals surface area contributed by atoms with Gasteiger partial charge in [0.25, 0.3) is 0 Å². The van der Waals surface area contributed by atoms with Crippen molar-refractivity contribution in [3.8, 4) is 0 Å². The summed E-state index contributed by atoms with van der Waals surface area (Å²) in [5, 5.41) is 0. The van der Waals surface area contributed by atoms with E-state index in [0.717, 1.165) is 63.2 Å². The highest BCUT2D eigenvalue weighted by atomic mass is 16.5. The topological polar surface area (TPSA) is 61.8 Å². The molecule has 1 atom stereocenters. The highest BCUT2D eigenvalue weighted by molar-refractivity contribution is 5.73. The molecule has 23 heavy (non-hydrogen) atoms. The number of anilines is 1. The van der Waals surface area contributed by atoms with Gasteiger partial charge in [-0.15, -0.1) is 0 Å². The van der Waals surface area contributed by atoms with Gasteiger partial charge in [-0.3, -0.25) is 4.79 Å². The number of nitrogens with zero attached hydrogens (tertiary/aromatic N) is 5. The number of ether oxygens (including phenoxy) is 1. The van der Waals surface area contributed by atoms with E-state index in [1.165, 1.54) is 0 Å². The van der Waals surface area contributed by atoms with Gasteiger partial charge in [-0.25, -0.2) is 9.97 Å². The van der Waals surface area contributed by atoms with Gasteiger partial charge in [0.15, 0.2) is 0 Å². The number of carbonyl (C=O) groups excluding carboxylic acids is 1. The molecule has 1 aromatic rings. The molecule has 1 unspecified atom stereocenters. The van der Waals surface area contributed by atoms with Gasteiger partial charge in [0.1, 0.15) is 17.7 Å². The van der Waals surface area contributed by atoms with E-state index in [9.17, 15) is 4.79 Å². The van der Waals surface area contributed by atoms with Crippen molar-refractivity contribution in [3.05, 3.63) is 17.6 Å². The Kier molecular flexibility index (Phi) is 4.77. The highest BCUT2D eigenvalue weighted by Crippen LogP contribution is 2.24. The number of aromatic nitrogens is 2. The molecule has 2 saturated heterocycles. The fourth-order valence-electron chi connectivity index (χ4n) is 3.11. The smallest absolute Gasteiger partial charge is 0.219 e. The minimum absolute atomic E-state index is 0.00714. The number of hydrogen-bond donors (Lipinski definition) is 0. The van der Waals surface area contributed by atoms with Crippen molar-refractivity contribution in [2.75, 3.05) is 57.8 Å². The van der Waals surface area contributed by atoms with E-state index in [1.807, 2.05) is 17.9 Å². The molecular formula is C16H25N5O2. The Bertz CT molecular complexity index is 572. The average Bonchev–Trinajstić information content (AvgIpc) is 2.54. The third kappa shape index (κ3) is 3.79. The van der Waals surface area contributed by atoms with E-state index in [-0.39, 0.29) is 12.0 Å². The normalized spacial score (nSPS) is 23.2. The highest BCUT2D eigenvalue weighted by Gasteiger charge is 2.24. The van der Waals surface area contributed by atoms with Gasteiger partial charge >= 0.3 is 0 Å². The molecule has 2 aliphatic rings. The second-order valence-electron chi connectivity index (χ2n) is 6.31. The average molecular weight is 319 g/mol. The molecule has 1 amide bonds. The third-order valence-electron chi connectivity index (χ3n) is 4.49. The number of hydrogen-bond acceptors (Lipinski definition) is 6. The summed E-state index contributed by atoms with van der Waals surface area (Å²) in [7, 11) is 2.10. The van der Waals surface area contributed by atoms with Crippen LogP contribution in [-0.2, 0) is 9.53 Å². The molecule has 0 spiro atoms. The van der Waals surface area contributed by atoms with Gasteiger partial charge in [-0.05, 0) is 14.0 Å². The Labute approximate surface area is 137 Å². The van der Waals surface area contributed by atoms with E-state index in [1.54, 1.807) is 6.92 Å². The maximum Gasteiger partial charge on any atom is 0.219 e. The number of carbonyl (C=O) groups is 1.